The number of hydrogen-bond donors (Lipinski definition) is 0. The lowest BCUT2D eigenvalue weighted by molar-refractivity contribution is -0.138. The normalized spacial score (nSPS) is 9.69. The molecule has 0 bridgehead atoms. The third-order valence-corrected chi connectivity index (χ3v) is 1.52. The molecule has 4 nitrogen and oxygen atoms in total. The van der Waals surface area contributed by atoms with E-state index in [0.29, 0.717) is 12.8 Å². The molecule has 0 unspecified atom stereocenters. The summed E-state index contributed by atoms with van der Waals surface area (Å²) >= 11 is 0. The molecule has 0 heterocycles. The van der Waals surface area contributed by atoms with Gasteiger partial charge in [0, 0.05) is 20.0 Å². The van der Waals surface area contributed by atoms with E-state index in [1.54, 1.807) is 0 Å². The van der Waals surface area contributed by atoms with Gasteiger partial charge in [-0.3, -0.25) is 9.59 Å². The lowest BCUT2D eigenvalue weighted by Gasteiger charge is -1.97. The number of Topliss-reactive ketones (excluding diaryl/α,β-unsaturated/α-hetero) is 3. The number of ether oxygens (including phenoxy) is 1. The predicted molar refractivity (Wildman–Crippen MR) is 46.4 cm³/mol. The van der Waals surface area contributed by atoms with Crippen molar-refractivity contribution in [3.05, 3.63) is 0 Å². The fourth-order valence-corrected chi connectivity index (χ4v) is 0.849. The Morgan fingerprint density at radius 1 is 1.08 bits per heavy atom. The number of rotatable bonds is 7. The van der Waals surface area contributed by atoms with Crippen LogP contribution in [0, 0.1) is 0 Å². The topological polar surface area (TPSA) is 60.4 Å². The molecule has 0 amide bonds. The van der Waals surface area contributed by atoms with E-state index >= 15 is 0 Å². The first-order chi connectivity index (χ1) is 6.07. The second-order valence-corrected chi connectivity index (χ2v) is 2.83. The molecule has 0 radical (unpaired) electrons. The summed E-state index contributed by atoms with van der Waals surface area (Å²) in [4.78, 5) is 32.3. The van der Waals surface area contributed by atoms with Gasteiger partial charge in [-0.25, -0.2) is 0 Å². The van der Waals surface area contributed by atoms with Crippen molar-refractivity contribution < 1.29 is 19.1 Å². The summed E-state index contributed by atoms with van der Waals surface area (Å²) in [5.74, 6) is -0.943. The molecule has 0 aromatic heterocycles. The van der Waals surface area contributed by atoms with Crippen LogP contribution in [-0.4, -0.2) is 31.1 Å². The molecular weight excluding hydrogens is 172 g/mol. The zero-order valence-electron chi connectivity index (χ0n) is 7.96. The Bertz CT molecular complexity index is 208. The highest BCUT2D eigenvalue weighted by Crippen LogP contribution is 1.98. The van der Waals surface area contributed by atoms with Crippen molar-refractivity contribution in [2.75, 3.05) is 13.7 Å². The highest BCUT2D eigenvalue weighted by molar-refractivity contribution is 6.37. The van der Waals surface area contributed by atoms with Gasteiger partial charge < -0.3 is 9.53 Å². The Kier molecular flexibility index (Phi) is 5.97. The number of methoxy groups -OCH3 is 1. The third-order valence-electron chi connectivity index (χ3n) is 1.52. The predicted octanol–water partition coefficient (Wildman–Crippen LogP) is 0.530. The first-order valence-corrected chi connectivity index (χ1v) is 4.12. The van der Waals surface area contributed by atoms with Crippen LogP contribution in [0.4, 0.5) is 0 Å². The van der Waals surface area contributed by atoms with Crippen LogP contribution < -0.4 is 0 Å². The second-order valence-electron chi connectivity index (χ2n) is 2.83. The third kappa shape index (κ3) is 6.16. The van der Waals surface area contributed by atoms with E-state index in [2.05, 4.69) is 4.74 Å². The Labute approximate surface area is 77.3 Å². The average Bonchev–Trinajstić information content (AvgIpc) is 2.04. The first-order valence-electron chi connectivity index (χ1n) is 4.12. The molecule has 0 N–H and O–H groups in total. The molecule has 0 saturated carbocycles. The minimum Gasteiger partial charge on any atom is -0.376 e. The lowest BCUT2D eigenvalue weighted by atomic mass is 10.1. The number of ketones is 3. The Balaban J connectivity index is 3.62. The number of hydrogen-bond acceptors (Lipinski definition) is 4. The van der Waals surface area contributed by atoms with E-state index in [9.17, 15) is 14.4 Å². The van der Waals surface area contributed by atoms with Gasteiger partial charge in [0.2, 0.25) is 11.6 Å². The van der Waals surface area contributed by atoms with Crippen LogP contribution >= 0.6 is 0 Å². The highest BCUT2D eigenvalue weighted by atomic mass is 16.5. The fraction of sp³-hybridized carbons (Fsp3) is 0.667. The zero-order chi connectivity index (χ0) is 10.3. The molecule has 4 heteroatoms. The van der Waals surface area contributed by atoms with Crippen molar-refractivity contribution in [3.63, 3.8) is 0 Å². The van der Waals surface area contributed by atoms with E-state index in [-0.39, 0.29) is 18.8 Å². The lowest BCUT2D eigenvalue weighted by Crippen LogP contribution is -2.18. The summed E-state index contributed by atoms with van der Waals surface area (Å²) in [5, 5.41) is 0. The van der Waals surface area contributed by atoms with Gasteiger partial charge in [-0.2, -0.15) is 0 Å². The maximum atomic E-state index is 11.0. The van der Waals surface area contributed by atoms with E-state index in [1.165, 1.54) is 14.0 Å². The van der Waals surface area contributed by atoms with Crippen LogP contribution in [0.5, 0.6) is 0 Å². The summed E-state index contributed by atoms with van der Waals surface area (Å²) in [5.41, 5.74) is 0. The average molecular weight is 186 g/mol. The number of carbonyl (C=O) groups is 3. The largest absolute Gasteiger partial charge is 0.376 e. The highest BCUT2D eigenvalue weighted by Gasteiger charge is 2.12. The minimum absolute atomic E-state index is 0.0343. The summed E-state index contributed by atoms with van der Waals surface area (Å²) in [6, 6.07) is 0. The summed E-state index contributed by atoms with van der Waals surface area (Å²) in [7, 11) is 1.36. The van der Waals surface area contributed by atoms with Crippen LogP contribution in [-0.2, 0) is 19.1 Å². The molecule has 0 spiro atoms. The van der Waals surface area contributed by atoms with Gasteiger partial charge in [0.15, 0.2) is 0 Å². The van der Waals surface area contributed by atoms with Crippen LogP contribution in [0.1, 0.15) is 26.2 Å². The van der Waals surface area contributed by atoms with Gasteiger partial charge in [0.05, 0.1) is 0 Å². The molecular formula is C9H14O4. The van der Waals surface area contributed by atoms with Crippen molar-refractivity contribution in [3.8, 4) is 0 Å². The fourth-order valence-electron chi connectivity index (χ4n) is 0.849. The Morgan fingerprint density at radius 3 is 2.15 bits per heavy atom. The van der Waals surface area contributed by atoms with Crippen molar-refractivity contribution in [1.82, 2.24) is 0 Å². The molecule has 0 saturated heterocycles. The molecule has 0 aromatic carbocycles. The molecule has 0 aliphatic rings. The van der Waals surface area contributed by atoms with Crippen molar-refractivity contribution >= 4 is 17.3 Å². The summed E-state index contributed by atoms with van der Waals surface area (Å²) in [6.07, 6.45) is 0.942. The van der Waals surface area contributed by atoms with E-state index in [1.807, 2.05) is 0 Å². The molecule has 0 atom stereocenters. The van der Waals surface area contributed by atoms with Gasteiger partial charge in [0.1, 0.15) is 12.4 Å². The van der Waals surface area contributed by atoms with E-state index < -0.39 is 11.6 Å². The monoisotopic (exact) mass is 186 g/mol. The number of carbonyl (C=O) groups excluding carboxylic acids is 3. The van der Waals surface area contributed by atoms with Crippen LogP contribution in [0.2, 0.25) is 0 Å². The molecule has 0 fully saturated rings. The van der Waals surface area contributed by atoms with E-state index in [4.69, 9.17) is 0 Å². The molecule has 0 aliphatic carbocycles. The van der Waals surface area contributed by atoms with Crippen LogP contribution in [0.15, 0.2) is 0 Å². The second kappa shape index (κ2) is 6.48. The van der Waals surface area contributed by atoms with Gasteiger partial charge >= 0.3 is 0 Å². The molecule has 0 aromatic rings. The molecule has 0 aliphatic heterocycles. The zero-order valence-corrected chi connectivity index (χ0v) is 7.96. The summed E-state index contributed by atoms with van der Waals surface area (Å²) in [6.45, 7) is 1.29. The minimum atomic E-state index is -0.522. The maximum absolute atomic E-state index is 11.0. The quantitative estimate of drug-likeness (QED) is 0.544. The van der Waals surface area contributed by atoms with Gasteiger partial charge in [-0.1, -0.05) is 0 Å². The first kappa shape index (κ1) is 12.0. The van der Waals surface area contributed by atoms with Crippen molar-refractivity contribution in [2.45, 2.75) is 26.2 Å². The Hall–Kier alpha value is -1.03. The van der Waals surface area contributed by atoms with Crippen LogP contribution in [0.25, 0.3) is 0 Å². The Morgan fingerprint density at radius 2 is 1.69 bits per heavy atom. The van der Waals surface area contributed by atoms with Crippen LogP contribution in [0.3, 0.4) is 0 Å². The summed E-state index contributed by atoms with van der Waals surface area (Å²) < 4.78 is 4.51. The van der Waals surface area contributed by atoms with E-state index in [0.717, 1.165) is 0 Å². The van der Waals surface area contributed by atoms with Crippen molar-refractivity contribution in [2.24, 2.45) is 0 Å². The van der Waals surface area contributed by atoms with Gasteiger partial charge in [-0.15, -0.1) is 0 Å². The maximum Gasteiger partial charge on any atom is 0.223 e. The van der Waals surface area contributed by atoms with Gasteiger partial charge in [0.25, 0.3) is 0 Å². The SMILES string of the molecule is COCC(=O)C(=O)CCCC(C)=O. The van der Waals surface area contributed by atoms with Gasteiger partial charge in [-0.05, 0) is 13.3 Å². The standard InChI is InChI=1S/C9H14O4/c1-7(10)4-3-5-8(11)9(12)6-13-2/h3-6H2,1-2H3. The molecule has 74 valence electrons. The smallest absolute Gasteiger partial charge is 0.223 e. The molecule has 0 rings (SSSR count). The molecule has 13 heavy (non-hydrogen) atoms. The van der Waals surface area contributed by atoms with Crippen molar-refractivity contribution in [1.29, 1.82) is 0 Å².